The lowest BCUT2D eigenvalue weighted by Gasteiger charge is -2.07. The monoisotopic (exact) mass is 445 g/mol. The highest BCUT2D eigenvalue weighted by molar-refractivity contribution is 8.02. The highest BCUT2D eigenvalue weighted by atomic mass is 32.2. The second kappa shape index (κ2) is 11.2. The van der Waals surface area contributed by atoms with E-state index in [0.717, 1.165) is 37.2 Å². The molecule has 1 N–H and O–H groups in total. The molecule has 0 radical (unpaired) electrons. The number of benzene rings is 2. The Morgan fingerprint density at radius 1 is 1.03 bits per heavy atom. The second-order valence-electron chi connectivity index (χ2n) is 6.20. The summed E-state index contributed by atoms with van der Waals surface area (Å²) in [5.41, 5.74) is 2.51. The summed E-state index contributed by atoms with van der Waals surface area (Å²) < 4.78 is 7.14. The van der Waals surface area contributed by atoms with Gasteiger partial charge in [-0.3, -0.25) is 4.79 Å². The summed E-state index contributed by atoms with van der Waals surface area (Å²) in [4.78, 5) is 12.4. The first kappa shape index (κ1) is 21.7. The lowest BCUT2D eigenvalue weighted by atomic mass is 10.1. The minimum atomic E-state index is -0.132. The van der Waals surface area contributed by atoms with Gasteiger partial charge in [-0.05, 0) is 48.4 Å². The molecular weight excluding hydrogens is 422 g/mol. The molecule has 0 spiro atoms. The van der Waals surface area contributed by atoms with Gasteiger partial charge in [-0.2, -0.15) is 0 Å². The third-order valence-corrected chi connectivity index (χ3v) is 7.38. The molecule has 3 aromatic rings. The van der Waals surface area contributed by atoms with Crippen LogP contribution in [0.5, 0.6) is 5.75 Å². The van der Waals surface area contributed by atoms with Gasteiger partial charge in [-0.15, -0.1) is 10.2 Å². The van der Waals surface area contributed by atoms with Crippen LogP contribution < -0.4 is 10.1 Å². The summed E-state index contributed by atoms with van der Waals surface area (Å²) in [7, 11) is 1.62. The number of nitrogens with zero attached hydrogens (tertiary/aromatic N) is 2. The highest BCUT2D eigenvalue weighted by Crippen LogP contribution is 2.31. The molecule has 29 heavy (non-hydrogen) atoms. The number of methoxy groups -OCH3 is 1. The van der Waals surface area contributed by atoms with Crippen molar-refractivity contribution in [1.29, 1.82) is 0 Å². The van der Waals surface area contributed by atoms with Gasteiger partial charge >= 0.3 is 0 Å². The minimum absolute atomic E-state index is 0.132. The quantitative estimate of drug-likeness (QED) is 0.306. The van der Waals surface area contributed by atoms with Crippen molar-refractivity contribution in [3.8, 4) is 5.75 Å². The number of ether oxygens (including phenoxy) is 1. The van der Waals surface area contributed by atoms with Crippen LogP contribution in [0.3, 0.4) is 0 Å². The van der Waals surface area contributed by atoms with E-state index in [9.17, 15) is 4.79 Å². The predicted molar refractivity (Wildman–Crippen MR) is 122 cm³/mol. The number of nitrogens with one attached hydrogen (secondary N) is 1. The standard InChI is InChI=1S/C21H23N3O2S3/c1-3-4-13-27-20-23-24-21(29-20)28-14-15-5-7-16(8-6-15)19(25)22-17-9-11-18(26-2)12-10-17/h5-12H,3-4,13-14H2,1-2H3,(H,22,25). The first-order valence-corrected chi connectivity index (χ1v) is 12.1. The van der Waals surface area contributed by atoms with E-state index in [1.165, 1.54) is 12.8 Å². The van der Waals surface area contributed by atoms with E-state index in [0.29, 0.717) is 5.56 Å². The Kier molecular flexibility index (Phi) is 8.39. The molecule has 0 saturated carbocycles. The van der Waals surface area contributed by atoms with E-state index in [4.69, 9.17) is 4.74 Å². The molecule has 5 nitrogen and oxygen atoms in total. The normalized spacial score (nSPS) is 10.7. The van der Waals surface area contributed by atoms with Crippen LogP contribution in [-0.2, 0) is 5.75 Å². The first-order chi connectivity index (χ1) is 14.2. The Balaban J connectivity index is 1.49. The van der Waals surface area contributed by atoms with Crippen molar-refractivity contribution in [3.63, 3.8) is 0 Å². The van der Waals surface area contributed by atoms with Crippen molar-refractivity contribution in [2.45, 2.75) is 34.2 Å². The van der Waals surface area contributed by atoms with Gasteiger partial charge < -0.3 is 10.1 Å². The fourth-order valence-electron chi connectivity index (χ4n) is 2.39. The molecule has 0 aliphatic rings. The molecule has 0 aliphatic heterocycles. The van der Waals surface area contributed by atoms with Crippen molar-refractivity contribution in [1.82, 2.24) is 10.2 Å². The average Bonchev–Trinajstić information content (AvgIpc) is 3.21. The van der Waals surface area contributed by atoms with E-state index in [1.54, 1.807) is 42.0 Å². The second-order valence-corrected chi connectivity index (χ2v) is 9.75. The van der Waals surface area contributed by atoms with Crippen LogP contribution in [0.2, 0.25) is 0 Å². The Labute approximate surface area is 183 Å². The van der Waals surface area contributed by atoms with E-state index in [2.05, 4.69) is 22.4 Å². The van der Waals surface area contributed by atoms with Crippen LogP contribution in [0.25, 0.3) is 0 Å². The molecule has 1 aromatic heterocycles. The zero-order chi connectivity index (χ0) is 20.5. The van der Waals surface area contributed by atoms with Crippen LogP contribution in [0, 0.1) is 0 Å². The molecule has 0 aliphatic carbocycles. The Bertz CT molecular complexity index is 912. The van der Waals surface area contributed by atoms with Gasteiger partial charge in [-0.1, -0.05) is 60.3 Å². The molecule has 3 rings (SSSR count). The van der Waals surface area contributed by atoms with Gasteiger partial charge in [-0.25, -0.2) is 0 Å². The van der Waals surface area contributed by atoms with Crippen LogP contribution >= 0.6 is 34.9 Å². The summed E-state index contributed by atoms with van der Waals surface area (Å²) in [6.45, 7) is 2.19. The minimum Gasteiger partial charge on any atom is -0.497 e. The summed E-state index contributed by atoms with van der Waals surface area (Å²) in [6.07, 6.45) is 2.40. The molecule has 0 saturated heterocycles. The topological polar surface area (TPSA) is 64.1 Å². The predicted octanol–water partition coefficient (Wildman–Crippen LogP) is 5.98. The summed E-state index contributed by atoms with van der Waals surface area (Å²) >= 11 is 5.09. The molecule has 1 amide bonds. The molecule has 152 valence electrons. The van der Waals surface area contributed by atoms with Crippen molar-refractivity contribution in [2.24, 2.45) is 0 Å². The fourth-order valence-corrected chi connectivity index (χ4v) is 5.52. The number of thioether (sulfide) groups is 2. The number of carbonyl (C=O) groups excluding carboxylic acids is 1. The Morgan fingerprint density at radius 3 is 2.38 bits per heavy atom. The zero-order valence-electron chi connectivity index (χ0n) is 16.4. The number of hydrogen-bond donors (Lipinski definition) is 1. The highest BCUT2D eigenvalue weighted by Gasteiger charge is 2.08. The summed E-state index contributed by atoms with van der Waals surface area (Å²) in [6, 6.07) is 14.9. The number of carbonyl (C=O) groups is 1. The van der Waals surface area contributed by atoms with E-state index in [1.807, 2.05) is 48.5 Å². The largest absolute Gasteiger partial charge is 0.497 e. The number of hydrogen-bond acceptors (Lipinski definition) is 7. The zero-order valence-corrected chi connectivity index (χ0v) is 18.8. The lowest BCUT2D eigenvalue weighted by Crippen LogP contribution is -2.11. The van der Waals surface area contributed by atoms with Gasteiger partial charge in [0.05, 0.1) is 7.11 Å². The fraction of sp³-hybridized carbons (Fsp3) is 0.286. The smallest absolute Gasteiger partial charge is 0.255 e. The van der Waals surface area contributed by atoms with E-state index in [-0.39, 0.29) is 5.91 Å². The molecule has 8 heteroatoms. The number of anilines is 1. The number of aromatic nitrogens is 2. The molecule has 0 atom stereocenters. The summed E-state index contributed by atoms with van der Waals surface area (Å²) in [5, 5.41) is 11.4. The van der Waals surface area contributed by atoms with Crippen LogP contribution in [0.1, 0.15) is 35.7 Å². The Morgan fingerprint density at radius 2 is 1.72 bits per heavy atom. The first-order valence-electron chi connectivity index (χ1n) is 9.31. The van der Waals surface area contributed by atoms with Crippen molar-refractivity contribution in [3.05, 3.63) is 59.7 Å². The van der Waals surface area contributed by atoms with E-state index < -0.39 is 0 Å². The molecule has 1 heterocycles. The van der Waals surface area contributed by atoms with Crippen LogP contribution in [0.15, 0.2) is 57.2 Å². The Hall–Kier alpha value is -2.03. The van der Waals surface area contributed by atoms with Crippen molar-refractivity contribution < 1.29 is 9.53 Å². The SMILES string of the molecule is CCCCSc1nnc(SCc2ccc(C(=O)Nc3ccc(OC)cc3)cc2)s1. The van der Waals surface area contributed by atoms with Crippen LogP contribution in [0.4, 0.5) is 5.69 Å². The molecule has 0 fully saturated rings. The maximum atomic E-state index is 12.4. The van der Waals surface area contributed by atoms with Gasteiger partial charge in [0, 0.05) is 22.8 Å². The lowest BCUT2D eigenvalue weighted by molar-refractivity contribution is 0.102. The third-order valence-electron chi connectivity index (χ3n) is 4.04. The number of rotatable bonds is 10. The van der Waals surface area contributed by atoms with Gasteiger partial charge in [0.1, 0.15) is 5.75 Å². The summed E-state index contributed by atoms with van der Waals surface area (Å²) in [5.74, 6) is 2.52. The molecule has 0 bridgehead atoms. The van der Waals surface area contributed by atoms with Crippen LogP contribution in [-0.4, -0.2) is 29.0 Å². The molecule has 0 unspecified atom stereocenters. The molecular formula is C21H23N3O2S3. The average molecular weight is 446 g/mol. The number of amides is 1. The van der Waals surface area contributed by atoms with E-state index >= 15 is 0 Å². The maximum absolute atomic E-state index is 12.4. The number of unbranched alkanes of at least 4 members (excludes halogenated alkanes) is 1. The van der Waals surface area contributed by atoms with Gasteiger partial charge in [0.25, 0.3) is 5.91 Å². The molecule has 2 aromatic carbocycles. The van der Waals surface area contributed by atoms with Gasteiger partial charge in [0.2, 0.25) is 0 Å². The third kappa shape index (κ3) is 6.76. The van der Waals surface area contributed by atoms with Gasteiger partial charge in [0.15, 0.2) is 8.68 Å². The van der Waals surface area contributed by atoms with Crippen molar-refractivity contribution >= 4 is 46.5 Å². The van der Waals surface area contributed by atoms with Crippen molar-refractivity contribution in [2.75, 3.05) is 18.2 Å². The maximum Gasteiger partial charge on any atom is 0.255 e.